The molecule has 0 atom stereocenters. The average molecular weight is 493 g/mol. The summed E-state index contributed by atoms with van der Waals surface area (Å²) >= 11 is 0. The lowest BCUT2D eigenvalue weighted by Gasteiger charge is -2.23. The third-order valence-corrected chi connectivity index (χ3v) is 6.88. The molecule has 1 aliphatic rings. The van der Waals surface area contributed by atoms with Crippen LogP contribution < -0.4 is 10.6 Å². The summed E-state index contributed by atoms with van der Waals surface area (Å²) in [6.45, 7) is 0. The van der Waals surface area contributed by atoms with E-state index >= 15 is 0 Å². The Morgan fingerprint density at radius 3 is 1.32 bits per heavy atom. The van der Waals surface area contributed by atoms with Crippen LogP contribution in [0.2, 0.25) is 0 Å². The van der Waals surface area contributed by atoms with Gasteiger partial charge in [-0.3, -0.25) is 19.6 Å². The van der Waals surface area contributed by atoms with Crippen molar-refractivity contribution in [1.29, 1.82) is 0 Å². The van der Waals surface area contributed by atoms with Crippen LogP contribution in [0.3, 0.4) is 0 Å². The Bertz CT molecular complexity index is 1780. The SMILES string of the molecule is O=C1c2cccc(Nc3cccc4cccnc34)c2C(=O)c2cccc(Nc3cccc4cccnc34)c21. The average Bonchev–Trinajstić information content (AvgIpc) is 2.96. The Morgan fingerprint density at radius 2 is 0.842 bits per heavy atom. The highest BCUT2D eigenvalue weighted by Gasteiger charge is 2.33. The van der Waals surface area contributed by atoms with Crippen LogP contribution in [-0.2, 0) is 0 Å². The van der Waals surface area contributed by atoms with E-state index in [2.05, 4.69) is 20.6 Å². The molecule has 0 fully saturated rings. The minimum atomic E-state index is -0.203. The second-order valence-electron chi connectivity index (χ2n) is 9.13. The number of pyridine rings is 2. The number of hydrogen-bond acceptors (Lipinski definition) is 6. The Hall–Kier alpha value is -5.36. The van der Waals surface area contributed by atoms with E-state index in [4.69, 9.17) is 0 Å². The second kappa shape index (κ2) is 8.64. The molecule has 6 heteroatoms. The summed E-state index contributed by atoms with van der Waals surface area (Å²) in [4.78, 5) is 36.8. The van der Waals surface area contributed by atoms with Gasteiger partial charge in [-0.05, 0) is 36.4 Å². The molecule has 6 nitrogen and oxygen atoms in total. The van der Waals surface area contributed by atoms with Gasteiger partial charge in [0.1, 0.15) is 0 Å². The first-order valence-electron chi connectivity index (χ1n) is 12.3. The minimum Gasteiger partial charge on any atom is -0.353 e. The van der Waals surface area contributed by atoms with Crippen LogP contribution in [0.25, 0.3) is 21.8 Å². The molecule has 7 rings (SSSR count). The number of nitrogens with zero attached hydrogens (tertiary/aromatic N) is 2. The molecule has 0 amide bonds. The standard InChI is InChI=1S/C32H20N4O2/c37-31-22-12-4-14-24(36-26-16-2-8-20-10-6-18-34-30(20)26)28(22)32(38)21-11-3-13-23(27(21)31)35-25-15-1-7-19-9-5-17-33-29(19)25/h1-18,35-36H. The second-order valence-corrected chi connectivity index (χ2v) is 9.13. The lowest BCUT2D eigenvalue weighted by Crippen LogP contribution is -2.23. The number of carbonyl (C=O) groups excluding carboxylic acids is 2. The van der Waals surface area contributed by atoms with E-state index in [-0.39, 0.29) is 11.6 Å². The molecule has 0 saturated heterocycles. The third kappa shape index (κ3) is 3.43. The van der Waals surface area contributed by atoms with Crippen molar-refractivity contribution in [2.75, 3.05) is 10.6 Å². The van der Waals surface area contributed by atoms with Gasteiger partial charge in [0.25, 0.3) is 0 Å². The molecule has 2 aromatic heterocycles. The van der Waals surface area contributed by atoms with Gasteiger partial charge >= 0.3 is 0 Å². The van der Waals surface area contributed by atoms with Gasteiger partial charge in [-0.2, -0.15) is 0 Å². The molecular weight excluding hydrogens is 472 g/mol. The molecule has 0 saturated carbocycles. The number of para-hydroxylation sites is 2. The summed E-state index contributed by atoms with van der Waals surface area (Å²) in [6.07, 6.45) is 3.47. The molecule has 4 aromatic carbocycles. The lowest BCUT2D eigenvalue weighted by molar-refractivity contribution is 0.0980. The summed E-state index contributed by atoms with van der Waals surface area (Å²) in [7, 11) is 0. The first-order valence-corrected chi connectivity index (χ1v) is 12.3. The smallest absolute Gasteiger partial charge is 0.196 e. The number of rotatable bonds is 4. The van der Waals surface area contributed by atoms with Crippen molar-refractivity contribution in [3.8, 4) is 0 Å². The maximum absolute atomic E-state index is 13.9. The van der Waals surface area contributed by atoms with Crippen LogP contribution in [0.5, 0.6) is 0 Å². The van der Waals surface area contributed by atoms with E-state index in [9.17, 15) is 9.59 Å². The molecule has 38 heavy (non-hydrogen) atoms. The first kappa shape index (κ1) is 21.9. The van der Waals surface area contributed by atoms with Crippen LogP contribution in [0.4, 0.5) is 22.7 Å². The fourth-order valence-corrected chi connectivity index (χ4v) is 5.15. The Balaban J connectivity index is 1.32. The zero-order chi connectivity index (χ0) is 25.6. The lowest BCUT2D eigenvalue weighted by atomic mass is 9.82. The number of aromatic nitrogens is 2. The Morgan fingerprint density at radius 1 is 0.447 bits per heavy atom. The van der Waals surface area contributed by atoms with Crippen LogP contribution in [0, 0.1) is 0 Å². The summed E-state index contributed by atoms with van der Waals surface area (Å²) in [5, 5.41) is 8.70. The number of nitrogens with one attached hydrogen (secondary N) is 2. The van der Waals surface area contributed by atoms with Crippen molar-refractivity contribution < 1.29 is 9.59 Å². The Kier molecular flexibility index (Phi) is 4.97. The summed E-state index contributed by atoms with van der Waals surface area (Å²) < 4.78 is 0. The van der Waals surface area contributed by atoms with Crippen molar-refractivity contribution in [1.82, 2.24) is 9.97 Å². The highest BCUT2D eigenvalue weighted by molar-refractivity contribution is 6.32. The first-order chi connectivity index (χ1) is 18.7. The van der Waals surface area contributed by atoms with Crippen molar-refractivity contribution >= 4 is 56.1 Å². The molecule has 1 aliphatic carbocycles. The number of carbonyl (C=O) groups is 2. The fourth-order valence-electron chi connectivity index (χ4n) is 5.15. The number of fused-ring (bicyclic) bond motifs is 4. The quantitative estimate of drug-likeness (QED) is 0.274. The molecular formula is C32H20N4O2. The third-order valence-electron chi connectivity index (χ3n) is 6.88. The normalized spacial score (nSPS) is 12.3. The molecule has 0 spiro atoms. The van der Waals surface area contributed by atoms with Crippen LogP contribution in [0.1, 0.15) is 31.8 Å². The molecule has 0 unspecified atom stereocenters. The van der Waals surface area contributed by atoms with Crippen molar-refractivity contribution in [2.24, 2.45) is 0 Å². The van der Waals surface area contributed by atoms with E-state index < -0.39 is 0 Å². The minimum absolute atomic E-state index is 0.203. The maximum Gasteiger partial charge on any atom is 0.196 e. The van der Waals surface area contributed by atoms with Gasteiger partial charge in [0, 0.05) is 34.3 Å². The molecule has 6 aromatic rings. The van der Waals surface area contributed by atoms with Crippen molar-refractivity contribution in [3.05, 3.63) is 132 Å². The predicted octanol–water partition coefficient (Wildman–Crippen LogP) is 7.05. The van der Waals surface area contributed by atoms with Crippen molar-refractivity contribution in [3.63, 3.8) is 0 Å². The topological polar surface area (TPSA) is 84.0 Å². The van der Waals surface area contributed by atoms with E-state index in [0.717, 1.165) is 33.2 Å². The maximum atomic E-state index is 13.9. The van der Waals surface area contributed by atoms with E-state index in [1.165, 1.54) is 0 Å². The molecule has 0 bridgehead atoms. The van der Waals surface area contributed by atoms with Crippen molar-refractivity contribution in [2.45, 2.75) is 0 Å². The highest BCUT2D eigenvalue weighted by atomic mass is 16.1. The zero-order valence-corrected chi connectivity index (χ0v) is 20.1. The van der Waals surface area contributed by atoms with Gasteiger partial charge < -0.3 is 10.6 Å². The van der Waals surface area contributed by atoms with Crippen LogP contribution >= 0.6 is 0 Å². The molecule has 0 aliphatic heterocycles. The summed E-state index contributed by atoms with van der Waals surface area (Å²) in [5.74, 6) is -0.406. The number of hydrogen-bond donors (Lipinski definition) is 2. The zero-order valence-electron chi connectivity index (χ0n) is 20.1. The van der Waals surface area contributed by atoms with Gasteiger partial charge in [0.15, 0.2) is 11.6 Å². The van der Waals surface area contributed by atoms with E-state index in [1.54, 1.807) is 36.7 Å². The monoisotopic (exact) mass is 492 g/mol. The molecule has 180 valence electrons. The van der Waals surface area contributed by atoms with Gasteiger partial charge in [-0.15, -0.1) is 0 Å². The summed E-state index contributed by atoms with van der Waals surface area (Å²) in [6, 6.07) is 30.1. The number of benzene rings is 4. The molecule has 2 heterocycles. The van der Waals surface area contributed by atoms with Gasteiger partial charge in [-0.25, -0.2) is 0 Å². The molecule has 0 radical (unpaired) electrons. The van der Waals surface area contributed by atoms with Gasteiger partial charge in [0.05, 0.1) is 44.9 Å². The fraction of sp³-hybridized carbons (Fsp3) is 0. The van der Waals surface area contributed by atoms with E-state index in [0.29, 0.717) is 33.6 Å². The number of anilines is 4. The summed E-state index contributed by atoms with van der Waals surface area (Å²) in [5.41, 5.74) is 5.71. The van der Waals surface area contributed by atoms with E-state index in [1.807, 2.05) is 72.8 Å². The van der Waals surface area contributed by atoms with Gasteiger partial charge in [0.2, 0.25) is 0 Å². The largest absolute Gasteiger partial charge is 0.353 e. The van der Waals surface area contributed by atoms with Crippen LogP contribution in [0.15, 0.2) is 109 Å². The Labute approximate surface area is 218 Å². The highest BCUT2D eigenvalue weighted by Crippen LogP contribution is 2.38. The van der Waals surface area contributed by atoms with Crippen LogP contribution in [-0.4, -0.2) is 21.5 Å². The van der Waals surface area contributed by atoms with Gasteiger partial charge in [-0.1, -0.05) is 60.7 Å². The molecule has 2 N–H and O–H groups in total. The number of ketones is 2. The predicted molar refractivity (Wildman–Crippen MR) is 150 cm³/mol.